The maximum atomic E-state index is 12.3. The predicted octanol–water partition coefficient (Wildman–Crippen LogP) is 2.77. The number of nitrogens with one attached hydrogen (secondary N) is 2. The Morgan fingerprint density at radius 2 is 2.27 bits per heavy atom. The van der Waals surface area contributed by atoms with Gasteiger partial charge in [0, 0.05) is 41.8 Å². The summed E-state index contributed by atoms with van der Waals surface area (Å²) in [7, 11) is 0. The first-order valence-corrected chi connectivity index (χ1v) is 9.98. The fourth-order valence-electron chi connectivity index (χ4n) is 3.58. The minimum absolute atomic E-state index is 0.105. The normalized spacial score (nSPS) is 22.9. The van der Waals surface area contributed by atoms with Gasteiger partial charge < -0.3 is 20.3 Å². The molecule has 26 heavy (non-hydrogen) atoms. The average molecular weight is 423 g/mol. The predicted molar refractivity (Wildman–Crippen MR) is 108 cm³/mol. The number of likely N-dealkylation sites (tertiary alicyclic amines) is 1. The number of carbonyl (C=O) groups excluding carboxylic acids is 1. The molecule has 0 saturated carbocycles. The van der Waals surface area contributed by atoms with Crippen LogP contribution in [0.1, 0.15) is 25.3 Å². The van der Waals surface area contributed by atoms with E-state index >= 15 is 0 Å². The Bertz CT molecular complexity index is 686. The summed E-state index contributed by atoms with van der Waals surface area (Å²) < 4.78 is 6.54. The van der Waals surface area contributed by atoms with Crippen LogP contribution in [0.25, 0.3) is 0 Å². The molecule has 2 aliphatic rings. The summed E-state index contributed by atoms with van der Waals surface area (Å²) in [5, 5.41) is 6.26. The quantitative estimate of drug-likeness (QED) is 0.578. The third-order valence-corrected chi connectivity index (χ3v) is 5.60. The molecular weight excluding hydrogens is 396 g/mol. The number of carbonyl (C=O) groups is 1. The number of amides is 1. The first-order chi connectivity index (χ1) is 12.5. The number of guanidine groups is 1. The molecule has 2 heterocycles. The van der Waals surface area contributed by atoms with Crippen LogP contribution in [0.5, 0.6) is 0 Å². The summed E-state index contributed by atoms with van der Waals surface area (Å²) >= 11 is 3.44. The number of aliphatic imine (C=N–C) groups is 1. The molecule has 0 bridgehead atoms. The SMILES string of the molecule is CCNC(=NCC(=O)Nc1cc(Br)ccc1C)N1CCC2(CCOC2)C1. The van der Waals surface area contributed by atoms with Crippen LogP contribution >= 0.6 is 15.9 Å². The van der Waals surface area contributed by atoms with Gasteiger partial charge in [0.2, 0.25) is 5.91 Å². The monoisotopic (exact) mass is 422 g/mol. The Labute approximate surface area is 163 Å². The number of nitrogens with zero attached hydrogens (tertiary/aromatic N) is 2. The van der Waals surface area contributed by atoms with Crippen molar-refractivity contribution in [1.82, 2.24) is 10.2 Å². The van der Waals surface area contributed by atoms with Crippen LogP contribution in [0.4, 0.5) is 5.69 Å². The molecule has 1 aromatic rings. The van der Waals surface area contributed by atoms with Crippen LogP contribution in [0.15, 0.2) is 27.7 Å². The number of rotatable bonds is 4. The third-order valence-electron chi connectivity index (χ3n) is 5.10. The molecule has 1 spiro atoms. The summed E-state index contributed by atoms with van der Waals surface area (Å²) in [6, 6.07) is 5.84. The molecule has 1 unspecified atom stereocenters. The van der Waals surface area contributed by atoms with Crippen LogP contribution in [0, 0.1) is 12.3 Å². The largest absolute Gasteiger partial charge is 0.381 e. The standard InChI is InChI=1S/C19H27BrN4O2/c1-3-21-18(24-8-6-19(12-24)7-9-26-13-19)22-11-17(25)23-16-10-15(20)5-4-14(16)2/h4-5,10H,3,6-9,11-13H2,1-2H3,(H,21,22)(H,23,25). The van der Waals surface area contributed by atoms with Crippen molar-refractivity contribution >= 4 is 33.5 Å². The molecule has 2 saturated heterocycles. The van der Waals surface area contributed by atoms with E-state index in [9.17, 15) is 4.79 Å². The maximum Gasteiger partial charge on any atom is 0.246 e. The van der Waals surface area contributed by atoms with Crippen molar-refractivity contribution in [2.45, 2.75) is 26.7 Å². The molecule has 0 aromatic heterocycles. The summed E-state index contributed by atoms with van der Waals surface area (Å²) in [5.74, 6) is 0.706. The van der Waals surface area contributed by atoms with E-state index < -0.39 is 0 Å². The van der Waals surface area contributed by atoms with Crippen molar-refractivity contribution in [2.24, 2.45) is 10.4 Å². The fraction of sp³-hybridized carbons (Fsp3) is 0.579. The van der Waals surface area contributed by atoms with E-state index in [2.05, 4.69) is 36.5 Å². The first kappa shape index (κ1) is 19.2. The first-order valence-electron chi connectivity index (χ1n) is 9.18. The van der Waals surface area contributed by atoms with Crippen LogP contribution in [0.2, 0.25) is 0 Å². The summed E-state index contributed by atoms with van der Waals surface area (Å²) in [6.07, 6.45) is 2.24. The molecule has 1 aromatic carbocycles. The van der Waals surface area contributed by atoms with Gasteiger partial charge >= 0.3 is 0 Å². The molecule has 2 aliphatic heterocycles. The van der Waals surface area contributed by atoms with Crippen LogP contribution in [-0.2, 0) is 9.53 Å². The van der Waals surface area contributed by atoms with Crippen LogP contribution in [0.3, 0.4) is 0 Å². The fourth-order valence-corrected chi connectivity index (χ4v) is 3.94. The number of benzene rings is 1. The number of ether oxygens (including phenoxy) is 1. The lowest BCUT2D eigenvalue weighted by molar-refractivity contribution is -0.114. The number of hydrogen-bond acceptors (Lipinski definition) is 3. The zero-order chi connectivity index (χ0) is 18.6. The van der Waals surface area contributed by atoms with Crippen molar-refractivity contribution < 1.29 is 9.53 Å². The average Bonchev–Trinajstić information content (AvgIpc) is 3.25. The minimum Gasteiger partial charge on any atom is -0.381 e. The van der Waals surface area contributed by atoms with Gasteiger partial charge in [0.1, 0.15) is 6.54 Å². The van der Waals surface area contributed by atoms with Crippen LogP contribution in [-0.4, -0.2) is 56.2 Å². The molecule has 1 atom stereocenters. The summed E-state index contributed by atoms with van der Waals surface area (Å²) in [4.78, 5) is 19.2. The lowest BCUT2D eigenvalue weighted by Gasteiger charge is -2.24. The van der Waals surface area contributed by atoms with Gasteiger partial charge in [-0.15, -0.1) is 0 Å². The molecule has 0 radical (unpaired) electrons. The third kappa shape index (κ3) is 4.57. The molecular formula is C19H27BrN4O2. The van der Waals surface area contributed by atoms with Crippen LogP contribution < -0.4 is 10.6 Å². The second-order valence-electron chi connectivity index (χ2n) is 7.15. The van der Waals surface area contributed by atoms with Crippen molar-refractivity contribution in [2.75, 3.05) is 44.7 Å². The van der Waals surface area contributed by atoms with E-state index in [0.29, 0.717) is 0 Å². The number of hydrogen-bond donors (Lipinski definition) is 2. The Morgan fingerprint density at radius 1 is 1.42 bits per heavy atom. The lowest BCUT2D eigenvalue weighted by atomic mass is 9.87. The van der Waals surface area contributed by atoms with Gasteiger partial charge in [-0.1, -0.05) is 22.0 Å². The zero-order valence-corrected chi connectivity index (χ0v) is 17.1. The van der Waals surface area contributed by atoms with E-state index in [-0.39, 0.29) is 17.9 Å². The number of anilines is 1. The van der Waals surface area contributed by atoms with Gasteiger partial charge in [-0.3, -0.25) is 4.79 Å². The topological polar surface area (TPSA) is 66.0 Å². The van der Waals surface area contributed by atoms with E-state index in [1.807, 2.05) is 32.0 Å². The van der Waals surface area contributed by atoms with Gasteiger partial charge in [-0.05, 0) is 44.4 Å². The Balaban J connectivity index is 1.62. The Morgan fingerprint density at radius 3 is 3.00 bits per heavy atom. The van der Waals surface area contributed by atoms with E-state index in [1.54, 1.807) is 0 Å². The van der Waals surface area contributed by atoms with E-state index in [0.717, 1.165) is 67.4 Å². The second-order valence-corrected chi connectivity index (χ2v) is 8.07. The van der Waals surface area contributed by atoms with Crippen molar-refractivity contribution in [3.8, 4) is 0 Å². The van der Waals surface area contributed by atoms with Gasteiger partial charge in [-0.2, -0.15) is 0 Å². The summed E-state index contributed by atoms with van der Waals surface area (Å²) in [5.41, 5.74) is 2.11. The second kappa shape index (κ2) is 8.39. The number of aryl methyl sites for hydroxylation is 1. The molecule has 0 aliphatic carbocycles. The van der Waals surface area contributed by atoms with Crippen molar-refractivity contribution in [3.05, 3.63) is 28.2 Å². The van der Waals surface area contributed by atoms with Crippen molar-refractivity contribution in [1.29, 1.82) is 0 Å². The minimum atomic E-state index is -0.111. The highest BCUT2D eigenvalue weighted by Crippen LogP contribution is 2.38. The number of halogens is 1. The molecule has 2 N–H and O–H groups in total. The van der Waals surface area contributed by atoms with Gasteiger partial charge in [0.05, 0.1) is 6.61 Å². The van der Waals surface area contributed by atoms with Gasteiger partial charge in [0.15, 0.2) is 5.96 Å². The Hall–Kier alpha value is -1.60. The molecule has 142 valence electrons. The molecule has 7 heteroatoms. The maximum absolute atomic E-state index is 12.3. The highest BCUT2D eigenvalue weighted by Gasteiger charge is 2.42. The smallest absolute Gasteiger partial charge is 0.246 e. The van der Waals surface area contributed by atoms with E-state index in [1.165, 1.54) is 0 Å². The lowest BCUT2D eigenvalue weighted by Crippen LogP contribution is -2.42. The molecule has 6 nitrogen and oxygen atoms in total. The van der Waals surface area contributed by atoms with Crippen molar-refractivity contribution in [3.63, 3.8) is 0 Å². The van der Waals surface area contributed by atoms with Gasteiger partial charge in [-0.25, -0.2) is 4.99 Å². The molecule has 3 rings (SSSR count). The summed E-state index contributed by atoms with van der Waals surface area (Å²) in [6.45, 7) is 8.52. The molecule has 1 amide bonds. The van der Waals surface area contributed by atoms with Gasteiger partial charge in [0.25, 0.3) is 0 Å². The highest BCUT2D eigenvalue weighted by atomic mass is 79.9. The Kier molecular flexibility index (Phi) is 6.19. The highest BCUT2D eigenvalue weighted by molar-refractivity contribution is 9.10. The zero-order valence-electron chi connectivity index (χ0n) is 15.5. The van der Waals surface area contributed by atoms with E-state index in [4.69, 9.17) is 4.74 Å². The molecule has 2 fully saturated rings.